The molecule has 1 aliphatic carbocycles. The second-order valence-electron chi connectivity index (χ2n) is 4.28. The van der Waals surface area contributed by atoms with E-state index in [0.29, 0.717) is 6.54 Å². The van der Waals surface area contributed by atoms with Gasteiger partial charge in [-0.25, -0.2) is 0 Å². The molecule has 3 heteroatoms. The van der Waals surface area contributed by atoms with Crippen molar-refractivity contribution in [1.82, 2.24) is 0 Å². The Balaban J connectivity index is 2.63. The van der Waals surface area contributed by atoms with Gasteiger partial charge in [-0.1, -0.05) is 0 Å². The van der Waals surface area contributed by atoms with Gasteiger partial charge in [0.2, 0.25) is 0 Å². The van der Waals surface area contributed by atoms with Gasteiger partial charge >= 0.3 is 0 Å². The highest BCUT2D eigenvalue weighted by Crippen LogP contribution is 2.50. The number of hydrogen-bond donors (Lipinski definition) is 2. The maximum atomic E-state index is 9.96. The molecule has 0 saturated heterocycles. The molecule has 1 fully saturated rings. The molecule has 3 N–H and O–H groups in total. The summed E-state index contributed by atoms with van der Waals surface area (Å²) in [6, 6.07) is 0. The van der Waals surface area contributed by atoms with Crippen molar-refractivity contribution >= 4 is 0 Å². The predicted octanol–water partition coefficient (Wildman–Crippen LogP) is 0.511. The highest BCUT2D eigenvalue weighted by atomic mass is 16.5. The molecule has 0 amide bonds. The first kappa shape index (κ1) is 9.96. The first-order valence-corrected chi connectivity index (χ1v) is 4.42. The fourth-order valence-corrected chi connectivity index (χ4v) is 1.60. The van der Waals surface area contributed by atoms with Gasteiger partial charge < -0.3 is 15.6 Å². The largest absolute Gasteiger partial charge is 0.390 e. The first-order valence-electron chi connectivity index (χ1n) is 4.42. The molecule has 12 heavy (non-hydrogen) atoms. The lowest BCUT2D eigenvalue weighted by molar-refractivity contribution is -0.106. The van der Waals surface area contributed by atoms with Crippen LogP contribution in [-0.4, -0.2) is 30.5 Å². The minimum atomic E-state index is -0.476. The molecule has 0 aromatic carbocycles. The Kier molecular flexibility index (Phi) is 2.47. The molecule has 3 nitrogen and oxygen atoms in total. The molecule has 1 rings (SSSR count). The zero-order valence-corrected chi connectivity index (χ0v) is 8.13. The highest BCUT2D eigenvalue weighted by molar-refractivity contribution is 5.05. The molecule has 1 unspecified atom stereocenters. The Labute approximate surface area is 73.9 Å². The third-order valence-corrected chi connectivity index (χ3v) is 3.06. The van der Waals surface area contributed by atoms with E-state index in [2.05, 4.69) is 0 Å². The van der Waals surface area contributed by atoms with Gasteiger partial charge in [-0.3, -0.25) is 0 Å². The van der Waals surface area contributed by atoms with Crippen LogP contribution in [0.4, 0.5) is 0 Å². The fraction of sp³-hybridized carbons (Fsp3) is 1.00. The molecular weight excluding hydrogens is 154 g/mol. The zero-order valence-electron chi connectivity index (χ0n) is 8.13. The summed E-state index contributed by atoms with van der Waals surface area (Å²) in [5.74, 6) is 0. The molecule has 0 spiro atoms. The molecule has 0 aromatic rings. The standard InChI is InChI=1S/C9H19NO2/c1-8(2,12-3)7(11)9(6-10)4-5-9/h7,11H,4-6,10H2,1-3H3. The zero-order chi connectivity index (χ0) is 9.41. The number of hydrogen-bond acceptors (Lipinski definition) is 3. The van der Waals surface area contributed by atoms with E-state index in [9.17, 15) is 5.11 Å². The summed E-state index contributed by atoms with van der Waals surface area (Å²) in [6.07, 6.45) is 1.61. The molecule has 0 heterocycles. The fourth-order valence-electron chi connectivity index (χ4n) is 1.60. The quantitative estimate of drug-likeness (QED) is 0.651. The van der Waals surface area contributed by atoms with E-state index in [4.69, 9.17) is 10.5 Å². The second-order valence-corrected chi connectivity index (χ2v) is 4.28. The van der Waals surface area contributed by atoms with Gasteiger partial charge in [-0.2, -0.15) is 0 Å². The van der Waals surface area contributed by atoms with E-state index in [1.807, 2.05) is 13.8 Å². The topological polar surface area (TPSA) is 55.5 Å². The lowest BCUT2D eigenvalue weighted by Crippen LogP contribution is -2.46. The van der Waals surface area contributed by atoms with Gasteiger partial charge in [0.15, 0.2) is 0 Å². The van der Waals surface area contributed by atoms with Crippen LogP contribution in [0.2, 0.25) is 0 Å². The minimum absolute atomic E-state index is 0.0560. The maximum absolute atomic E-state index is 9.96. The first-order chi connectivity index (χ1) is 5.48. The van der Waals surface area contributed by atoms with E-state index in [-0.39, 0.29) is 5.41 Å². The number of aliphatic hydroxyl groups is 1. The van der Waals surface area contributed by atoms with Gasteiger partial charge in [-0.05, 0) is 26.7 Å². The highest BCUT2D eigenvalue weighted by Gasteiger charge is 2.53. The van der Waals surface area contributed by atoms with Gasteiger partial charge in [0.05, 0.1) is 11.7 Å². The Morgan fingerprint density at radius 3 is 2.33 bits per heavy atom. The normalized spacial score (nSPS) is 23.8. The summed E-state index contributed by atoms with van der Waals surface area (Å²) in [6.45, 7) is 4.35. The van der Waals surface area contributed by atoms with Crippen LogP contribution in [0.3, 0.4) is 0 Å². The number of methoxy groups -OCH3 is 1. The number of rotatable bonds is 4. The number of aliphatic hydroxyl groups excluding tert-OH is 1. The minimum Gasteiger partial charge on any atom is -0.390 e. The van der Waals surface area contributed by atoms with E-state index in [1.54, 1.807) is 7.11 Å². The third kappa shape index (κ3) is 1.49. The van der Waals surface area contributed by atoms with E-state index in [1.165, 1.54) is 0 Å². The van der Waals surface area contributed by atoms with Crippen LogP contribution < -0.4 is 5.73 Å². The third-order valence-electron chi connectivity index (χ3n) is 3.06. The van der Waals surface area contributed by atoms with E-state index < -0.39 is 11.7 Å². The van der Waals surface area contributed by atoms with Crippen LogP contribution in [0.1, 0.15) is 26.7 Å². The predicted molar refractivity (Wildman–Crippen MR) is 47.8 cm³/mol. The summed E-state index contributed by atoms with van der Waals surface area (Å²) < 4.78 is 5.22. The van der Waals surface area contributed by atoms with Crippen molar-refractivity contribution in [2.24, 2.45) is 11.1 Å². The van der Waals surface area contributed by atoms with Gasteiger partial charge in [0, 0.05) is 19.1 Å². The van der Waals surface area contributed by atoms with E-state index >= 15 is 0 Å². The maximum Gasteiger partial charge on any atom is 0.0892 e. The van der Waals surface area contributed by atoms with Crippen LogP contribution >= 0.6 is 0 Å². The average molecular weight is 173 g/mol. The Morgan fingerprint density at radius 1 is 1.58 bits per heavy atom. The second kappa shape index (κ2) is 2.98. The van der Waals surface area contributed by atoms with Crippen LogP contribution in [0.25, 0.3) is 0 Å². The lowest BCUT2D eigenvalue weighted by atomic mass is 9.87. The van der Waals surface area contributed by atoms with Crippen LogP contribution in [0.5, 0.6) is 0 Å². The Bertz CT molecular complexity index is 158. The van der Waals surface area contributed by atoms with Gasteiger partial charge in [0.1, 0.15) is 0 Å². The van der Waals surface area contributed by atoms with Crippen molar-refractivity contribution in [3.63, 3.8) is 0 Å². The molecule has 1 atom stereocenters. The number of nitrogens with two attached hydrogens (primary N) is 1. The van der Waals surface area contributed by atoms with Gasteiger partial charge in [-0.15, -0.1) is 0 Å². The summed E-state index contributed by atoms with van der Waals surface area (Å²) in [5, 5.41) is 9.96. The lowest BCUT2D eigenvalue weighted by Gasteiger charge is -2.34. The molecule has 1 aliphatic rings. The summed E-state index contributed by atoms with van der Waals surface area (Å²) >= 11 is 0. The van der Waals surface area contributed by atoms with Crippen LogP contribution in [0, 0.1) is 5.41 Å². The van der Waals surface area contributed by atoms with Crippen molar-refractivity contribution in [3.8, 4) is 0 Å². The summed E-state index contributed by atoms with van der Waals surface area (Å²) in [5.41, 5.74) is 5.07. The van der Waals surface area contributed by atoms with Crippen molar-refractivity contribution in [1.29, 1.82) is 0 Å². The van der Waals surface area contributed by atoms with Crippen molar-refractivity contribution in [2.45, 2.75) is 38.4 Å². The smallest absolute Gasteiger partial charge is 0.0892 e. The molecule has 0 aliphatic heterocycles. The Hall–Kier alpha value is -0.120. The molecule has 0 radical (unpaired) electrons. The van der Waals surface area contributed by atoms with Crippen LogP contribution in [0.15, 0.2) is 0 Å². The molecule has 0 bridgehead atoms. The number of ether oxygens (including phenoxy) is 1. The van der Waals surface area contributed by atoms with Crippen molar-refractivity contribution < 1.29 is 9.84 Å². The molecule has 1 saturated carbocycles. The monoisotopic (exact) mass is 173 g/mol. The summed E-state index contributed by atoms with van der Waals surface area (Å²) in [7, 11) is 1.62. The SMILES string of the molecule is COC(C)(C)C(O)C1(CN)CC1. The van der Waals surface area contributed by atoms with E-state index in [0.717, 1.165) is 12.8 Å². The molecule has 72 valence electrons. The van der Waals surface area contributed by atoms with Gasteiger partial charge in [0.25, 0.3) is 0 Å². The Morgan fingerprint density at radius 2 is 2.08 bits per heavy atom. The average Bonchev–Trinajstić information content (AvgIpc) is 2.83. The van der Waals surface area contributed by atoms with Crippen LogP contribution in [-0.2, 0) is 4.74 Å². The summed E-state index contributed by atoms with van der Waals surface area (Å²) in [4.78, 5) is 0. The van der Waals surface area contributed by atoms with Crippen molar-refractivity contribution in [3.05, 3.63) is 0 Å². The molecule has 0 aromatic heterocycles. The van der Waals surface area contributed by atoms with Crippen molar-refractivity contribution in [2.75, 3.05) is 13.7 Å². The molecular formula is C9H19NO2.